The van der Waals surface area contributed by atoms with E-state index in [0.717, 1.165) is 49.2 Å². The molecule has 2 aromatic rings. The summed E-state index contributed by atoms with van der Waals surface area (Å²) in [5.74, 6) is -2.14. The maximum atomic E-state index is 13.7. The molecule has 1 aliphatic rings. The molecule has 1 aromatic heterocycles. The maximum absolute atomic E-state index is 13.7. The van der Waals surface area contributed by atoms with E-state index >= 15 is 0 Å². The third-order valence-electron chi connectivity index (χ3n) is 4.23. The van der Waals surface area contributed by atoms with Crippen LogP contribution in [0.1, 0.15) is 46.5 Å². The van der Waals surface area contributed by atoms with Gasteiger partial charge in [0.2, 0.25) is 0 Å². The highest BCUT2D eigenvalue weighted by molar-refractivity contribution is 9.11. The third kappa shape index (κ3) is 4.51. The van der Waals surface area contributed by atoms with Crippen molar-refractivity contribution in [3.8, 4) is 0 Å². The van der Waals surface area contributed by atoms with Crippen LogP contribution < -0.4 is 10.6 Å². The number of carboxylic acid groups (broad SMARTS) is 1. The smallest absolute Gasteiger partial charge is 0.356 e. The number of anilines is 2. The first-order chi connectivity index (χ1) is 12.8. The monoisotopic (exact) mass is 455 g/mol. The van der Waals surface area contributed by atoms with Gasteiger partial charge in [0.1, 0.15) is 9.60 Å². The summed E-state index contributed by atoms with van der Waals surface area (Å²) in [4.78, 5) is 39.7. The minimum absolute atomic E-state index is 0.0718. The van der Waals surface area contributed by atoms with Crippen molar-refractivity contribution in [1.29, 1.82) is 0 Å². The number of hydrogen-bond acceptors (Lipinski definition) is 5. The van der Waals surface area contributed by atoms with Gasteiger partial charge in [-0.25, -0.2) is 19.0 Å². The van der Waals surface area contributed by atoms with Crippen LogP contribution in [0.15, 0.2) is 22.0 Å². The van der Waals surface area contributed by atoms with E-state index in [2.05, 4.69) is 31.5 Å². The molecular weight excluding hydrogens is 441 g/mol. The first-order valence-corrected chi connectivity index (χ1v) is 9.77. The summed E-state index contributed by atoms with van der Waals surface area (Å²) in [6.45, 7) is 0. The van der Waals surface area contributed by atoms with Crippen LogP contribution in [-0.2, 0) is 0 Å². The number of thiazole rings is 1. The van der Waals surface area contributed by atoms with E-state index in [1.54, 1.807) is 0 Å². The average Bonchev–Trinajstić information content (AvgIpc) is 3.25. The molecular formula is C17H15BrFN3O4S. The second-order valence-electron chi connectivity index (χ2n) is 6.06. The van der Waals surface area contributed by atoms with Crippen LogP contribution >= 0.6 is 27.3 Å². The molecule has 10 heteroatoms. The Kier molecular flexibility index (Phi) is 5.85. The SMILES string of the molecule is O=C(Nc1nc(C(=O)O)c(Br)s1)Nc1ccc(F)cc1C(=O)C1CCCC1. The lowest BCUT2D eigenvalue weighted by Gasteiger charge is -2.14. The molecule has 0 spiro atoms. The predicted octanol–water partition coefficient (Wildman–Crippen LogP) is 4.76. The lowest BCUT2D eigenvalue weighted by atomic mass is 9.95. The van der Waals surface area contributed by atoms with E-state index in [-0.39, 0.29) is 37.6 Å². The number of carbonyl (C=O) groups is 3. The zero-order valence-corrected chi connectivity index (χ0v) is 16.3. The van der Waals surface area contributed by atoms with Gasteiger partial charge in [0.25, 0.3) is 0 Å². The fourth-order valence-electron chi connectivity index (χ4n) is 2.97. The zero-order valence-electron chi connectivity index (χ0n) is 13.9. The molecule has 27 heavy (non-hydrogen) atoms. The van der Waals surface area contributed by atoms with E-state index in [9.17, 15) is 18.8 Å². The molecule has 2 amide bonds. The summed E-state index contributed by atoms with van der Waals surface area (Å²) in [6, 6.07) is 2.90. The van der Waals surface area contributed by atoms with Crippen molar-refractivity contribution in [2.45, 2.75) is 25.7 Å². The van der Waals surface area contributed by atoms with Crippen molar-refractivity contribution in [2.75, 3.05) is 10.6 Å². The van der Waals surface area contributed by atoms with Gasteiger partial charge in [0.15, 0.2) is 16.6 Å². The van der Waals surface area contributed by atoms with E-state index in [4.69, 9.17) is 5.11 Å². The van der Waals surface area contributed by atoms with Gasteiger partial charge in [-0.3, -0.25) is 10.1 Å². The number of hydrogen-bond donors (Lipinski definition) is 3. The zero-order chi connectivity index (χ0) is 19.6. The van der Waals surface area contributed by atoms with Gasteiger partial charge in [0, 0.05) is 11.5 Å². The fraction of sp³-hybridized carbons (Fsp3) is 0.294. The van der Waals surface area contributed by atoms with Crippen LogP contribution in [0, 0.1) is 11.7 Å². The summed E-state index contributed by atoms with van der Waals surface area (Å²) in [5, 5.41) is 14.0. The molecule has 3 N–H and O–H groups in total. The molecule has 1 heterocycles. The Morgan fingerprint density at radius 1 is 1.22 bits per heavy atom. The quantitative estimate of drug-likeness (QED) is 0.563. The molecule has 3 rings (SSSR count). The van der Waals surface area contributed by atoms with Crippen LogP contribution in [0.3, 0.4) is 0 Å². The number of rotatable bonds is 5. The predicted molar refractivity (Wildman–Crippen MR) is 102 cm³/mol. The van der Waals surface area contributed by atoms with Gasteiger partial charge in [-0.05, 0) is 47.0 Å². The largest absolute Gasteiger partial charge is 0.476 e. The first-order valence-electron chi connectivity index (χ1n) is 8.16. The average molecular weight is 456 g/mol. The van der Waals surface area contributed by atoms with E-state index < -0.39 is 17.8 Å². The summed E-state index contributed by atoms with van der Waals surface area (Å²) in [5.41, 5.74) is 0.109. The van der Waals surface area contributed by atoms with Crippen molar-refractivity contribution in [1.82, 2.24) is 4.98 Å². The summed E-state index contributed by atoms with van der Waals surface area (Å²) >= 11 is 4.01. The fourth-order valence-corrected chi connectivity index (χ4v) is 4.37. The van der Waals surface area contributed by atoms with Crippen molar-refractivity contribution < 1.29 is 23.9 Å². The Morgan fingerprint density at radius 3 is 2.56 bits per heavy atom. The summed E-state index contributed by atoms with van der Waals surface area (Å²) in [6.07, 6.45) is 3.43. The number of carboxylic acids is 1. The minimum atomic E-state index is -1.23. The highest BCUT2D eigenvalue weighted by atomic mass is 79.9. The molecule has 0 atom stereocenters. The highest BCUT2D eigenvalue weighted by Gasteiger charge is 2.26. The molecule has 1 saturated carbocycles. The second kappa shape index (κ2) is 8.13. The Morgan fingerprint density at radius 2 is 1.93 bits per heavy atom. The number of carbonyl (C=O) groups excluding carboxylic acids is 2. The van der Waals surface area contributed by atoms with Gasteiger partial charge >= 0.3 is 12.0 Å². The Hall–Kier alpha value is -2.33. The number of halogens is 2. The van der Waals surface area contributed by atoms with Gasteiger partial charge in [0.05, 0.1) is 5.69 Å². The molecule has 1 aliphatic carbocycles. The van der Waals surface area contributed by atoms with Crippen LogP contribution in [0.4, 0.5) is 20.0 Å². The van der Waals surface area contributed by atoms with E-state index in [1.807, 2.05) is 0 Å². The standard InChI is InChI=1S/C17H15BrFN3O4S/c18-14-12(15(24)25)21-17(27-14)22-16(26)20-11-6-5-9(19)7-10(11)13(23)8-3-1-2-4-8/h5-8H,1-4H2,(H,24,25)(H2,20,21,22,26). The summed E-state index contributed by atoms with van der Waals surface area (Å²) in [7, 11) is 0. The number of aromatic carboxylic acids is 1. The van der Waals surface area contributed by atoms with Crippen LogP contribution in [0.25, 0.3) is 0 Å². The number of nitrogens with one attached hydrogen (secondary N) is 2. The number of urea groups is 1. The topological polar surface area (TPSA) is 108 Å². The van der Waals surface area contributed by atoms with Crippen LogP contribution in [0.2, 0.25) is 0 Å². The van der Waals surface area contributed by atoms with Crippen molar-refractivity contribution in [2.24, 2.45) is 5.92 Å². The molecule has 1 fully saturated rings. The molecule has 0 unspecified atom stereocenters. The Labute approximate surface area is 166 Å². The second-order valence-corrected chi connectivity index (χ2v) is 8.38. The lowest BCUT2D eigenvalue weighted by Crippen LogP contribution is -2.22. The van der Waals surface area contributed by atoms with E-state index in [0.29, 0.717) is 0 Å². The normalized spacial score (nSPS) is 14.1. The number of amides is 2. The van der Waals surface area contributed by atoms with Gasteiger partial charge in [-0.15, -0.1) is 0 Å². The molecule has 0 radical (unpaired) electrons. The van der Waals surface area contributed by atoms with Crippen LogP contribution in [0.5, 0.6) is 0 Å². The van der Waals surface area contributed by atoms with Crippen molar-refractivity contribution in [3.05, 3.63) is 39.1 Å². The van der Waals surface area contributed by atoms with Gasteiger partial charge < -0.3 is 10.4 Å². The third-order valence-corrected chi connectivity index (χ3v) is 5.85. The van der Waals surface area contributed by atoms with Crippen molar-refractivity contribution >= 4 is 55.9 Å². The molecule has 0 bridgehead atoms. The van der Waals surface area contributed by atoms with Gasteiger partial charge in [-0.2, -0.15) is 0 Å². The number of nitrogens with zero attached hydrogens (tertiary/aromatic N) is 1. The maximum Gasteiger partial charge on any atom is 0.356 e. The first kappa shape index (κ1) is 19.4. The molecule has 7 nitrogen and oxygen atoms in total. The Balaban J connectivity index is 1.76. The van der Waals surface area contributed by atoms with Gasteiger partial charge in [-0.1, -0.05) is 24.2 Å². The van der Waals surface area contributed by atoms with Crippen molar-refractivity contribution in [3.63, 3.8) is 0 Å². The molecule has 142 valence electrons. The Bertz CT molecular complexity index is 912. The minimum Gasteiger partial charge on any atom is -0.476 e. The summed E-state index contributed by atoms with van der Waals surface area (Å²) < 4.78 is 13.9. The number of benzene rings is 1. The number of Topliss-reactive ketones (excluding diaryl/α,β-unsaturated/α-hetero) is 1. The van der Waals surface area contributed by atoms with E-state index in [1.165, 1.54) is 6.07 Å². The van der Waals surface area contributed by atoms with Crippen LogP contribution in [-0.4, -0.2) is 27.9 Å². The molecule has 0 aliphatic heterocycles. The highest BCUT2D eigenvalue weighted by Crippen LogP contribution is 2.31. The lowest BCUT2D eigenvalue weighted by molar-refractivity contribution is 0.0690. The number of aromatic nitrogens is 1. The molecule has 1 aromatic carbocycles. The number of ketones is 1. The molecule has 0 saturated heterocycles.